The molecular formula is C12H17N3O+. The fourth-order valence-corrected chi connectivity index (χ4v) is 2.05. The molecule has 16 heavy (non-hydrogen) atoms. The van der Waals surface area contributed by atoms with Gasteiger partial charge < -0.3 is 9.64 Å². The second-order valence-corrected chi connectivity index (χ2v) is 4.14. The summed E-state index contributed by atoms with van der Waals surface area (Å²) in [6.07, 6.45) is 0. The summed E-state index contributed by atoms with van der Waals surface area (Å²) in [6, 6.07) is 4.10. The first kappa shape index (κ1) is 11.1. The van der Waals surface area contributed by atoms with Crippen LogP contribution in [0.15, 0.2) is 17.2 Å². The zero-order valence-corrected chi connectivity index (χ0v) is 9.79. The third kappa shape index (κ3) is 2.07. The number of hydrogen-bond donors (Lipinski definition) is 1. The van der Waals surface area contributed by atoms with Crippen LogP contribution in [0.3, 0.4) is 0 Å². The second kappa shape index (κ2) is 4.61. The van der Waals surface area contributed by atoms with Crippen molar-refractivity contribution in [2.45, 2.75) is 13.8 Å². The van der Waals surface area contributed by atoms with E-state index in [0.717, 1.165) is 37.6 Å². The van der Waals surface area contributed by atoms with Gasteiger partial charge in [-0.1, -0.05) is 0 Å². The van der Waals surface area contributed by atoms with Crippen LogP contribution < -0.4 is 10.4 Å². The fraction of sp³-hybridized carbons (Fsp3) is 0.500. The average molecular weight is 219 g/mol. The minimum absolute atomic E-state index is 0.759. The van der Waals surface area contributed by atoms with E-state index in [4.69, 9.17) is 10.3 Å². The monoisotopic (exact) mass is 219 g/mol. The minimum atomic E-state index is 0.759. The Labute approximate surface area is 95.7 Å². The normalized spacial score (nSPS) is 16.2. The molecule has 1 aromatic carbocycles. The van der Waals surface area contributed by atoms with Crippen molar-refractivity contribution in [2.75, 3.05) is 31.2 Å². The molecule has 85 valence electrons. The van der Waals surface area contributed by atoms with E-state index in [9.17, 15) is 0 Å². The summed E-state index contributed by atoms with van der Waals surface area (Å²) >= 11 is 0. The molecule has 4 nitrogen and oxygen atoms in total. The van der Waals surface area contributed by atoms with E-state index in [2.05, 4.69) is 23.0 Å². The van der Waals surface area contributed by atoms with Crippen molar-refractivity contribution in [3.63, 3.8) is 0 Å². The lowest BCUT2D eigenvalue weighted by atomic mass is 10.1. The molecule has 1 aliphatic heterocycles. The van der Waals surface area contributed by atoms with E-state index < -0.39 is 0 Å². The number of anilines is 1. The highest BCUT2D eigenvalue weighted by Crippen LogP contribution is 2.28. The predicted octanol–water partition coefficient (Wildman–Crippen LogP) is 0.769. The molecule has 1 aromatic rings. The molecule has 0 unspecified atom stereocenters. The molecule has 0 spiro atoms. The first-order valence-corrected chi connectivity index (χ1v) is 5.54. The molecular weight excluding hydrogens is 202 g/mol. The van der Waals surface area contributed by atoms with Gasteiger partial charge in [-0.15, -0.1) is 0 Å². The van der Waals surface area contributed by atoms with E-state index in [1.165, 1.54) is 11.3 Å². The Kier molecular flexibility index (Phi) is 3.19. The van der Waals surface area contributed by atoms with Gasteiger partial charge in [-0.2, -0.15) is 0 Å². The zero-order chi connectivity index (χ0) is 11.5. The number of morpholine rings is 1. The predicted molar refractivity (Wildman–Crippen MR) is 62.0 cm³/mol. The lowest BCUT2D eigenvalue weighted by Gasteiger charge is -2.30. The summed E-state index contributed by atoms with van der Waals surface area (Å²) < 4.78 is 5.35. The Morgan fingerprint density at radius 2 is 1.88 bits per heavy atom. The van der Waals surface area contributed by atoms with Crippen molar-refractivity contribution in [1.82, 2.24) is 0 Å². The van der Waals surface area contributed by atoms with Crippen LogP contribution in [0.1, 0.15) is 11.1 Å². The molecule has 1 fully saturated rings. The van der Waals surface area contributed by atoms with Gasteiger partial charge in [0.1, 0.15) is 11.2 Å². The first-order chi connectivity index (χ1) is 7.72. The van der Waals surface area contributed by atoms with Crippen LogP contribution >= 0.6 is 0 Å². The minimum Gasteiger partial charge on any atom is -0.378 e. The van der Waals surface area contributed by atoms with Gasteiger partial charge in [-0.3, -0.25) is 0 Å². The molecule has 0 aromatic heterocycles. The van der Waals surface area contributed by atoms with Crippen LogP contribution in [-0.4, -0.2) is 26.3 Å². The van der Waals surface area contributed by atoms with Crippen LogP contribution in [0.5, 0.6) is 0 Å². The summed E-state index contributed by atoms with van der Waals surface area (Å²) in [4.78, 5) is 2.33. The third-order valence-corrected chi connectivity index (χ3v) is 2.99. The van der Waals surface area contributed by atoms with Gasteiger partial charge in [0, 0.05) is 18.8 Å². The van der Waals surface area contributed by atoms with Crippen molar-refractivity contribution in [3.8, 4) is 0 Å². The first-order valence-electron chi connectivity index (χ1n) is 5.54. The lowest BCUT2D eigenvalue weighted by molar-refractivity contribution is -0.210. The van der Waals surface area contributed by atoms with Crippen molar-refractivity contribution >= 4 is 11.4 Å². The Bertz CT molecular complexity index is 397. The molecule has 1 heterocycles. The SMILES string of the molecule is Cc1cc(N2CCOCC2)c(C)cc1N=[NH+]. The van der Waals surface area contributed by atoms with Gasteiger partial charge in [0.15, 0.2) is 0 Å². The van der Waals surface area contributed by atoms with Crippen LogP contribution in [0.4, 0.5) is 11.4 Å². The topological polar surface area (TPSA) is 48.6 Å². The largest absolute Gasteiger partial charge is 0.378 e. The van der Waals surface area contributed by atoms with Crippen LogP contribution in [-0.2, 0) is 4.74 Å². The zero-order valence-electron chi connectivity index (χ0n) is 9.79. The Hall–Kier alpha value is -1.42. The molecule has 0 amide bonds. The maximum Gasteiger partial charge on any atom is 0.144 e. The standard InChI is InChI=1S/C12H17N3O/c1-9-8-12(10(2)7-11(9)14-13)15-3-5-16-6-4-15/h7-8,13H,3-6H2,1-2H3/q+1. The van der Waals surface area contributed by atoms with Crippen LogP contribution in [0.25, 0.3) is 0 Å². The smallest absolute Gasteiger partial charge is 0.144 e. The summed E-state index contributed by atoms with van der Waals surface area (Å²) in [5.74, 6) is 0. The second-order valence-electron chi connectivity index (χ2n) is 4.14. The molecule has 4 heteroatoms. The number of nitrogens with zero attached hydrogens (tertiary/aromatic N) is 2. The van der Waals surface area contributed by atoms with Gasteiger partial charge >= 0.3 is 0 Å². The highest BCUT2D eigenvalue weighted by molar-refractivity contribution is 5.62. The molecule has 2 rings (SSSR count). The van der Waals surface area contributed by atoms with E-state index in [0.29, 0.717) is 0 Å². The maximum absolute atomic E-state index is 7.09. The van der Waals surface area contributed by atoms with E-state index in [1.54, 1.807) is 0 Å². The summed E-state index contributed by atoms with van der Waals surface area (Å²) in [7, 11) is 0. The third-order valence-electron chi connectivity index (χ3n) is 2.99. The van der Waals surface area contributed by atoms with Crippen molar-refractivity contribution in [2.24, 2.45) is 5.11 Å². The highest BCUT2D eigenvalue weighted by Gasteiger charge is 2.15. The van der Waals surface area contributed by atoms with E-state index in [1.807, 2.05) is 13.0 Å². The number of aryl methyl sites for hydroxylation is 2. The van der Waals surface area contributed by atoms with E-state index in [-0.39, 0.29) is 0 Å². The van der Waals surface area contributed by atoms with Crippen molar-refractivity contribution < 1.29 is 10.3 Å². The number of benzene rings is 1. The average Bonchev–Trinajstić information content (AvgIpc) is 2.32. The van der Waals surface area contributed by atoms with Gasteiger partial charge in [0.2, 0.25) is 0 Å². The number of rotatable bonds is 2. The fourth-order valence-electron chi connectivity index (χ4n) is 2.05. The van der Waals surface area contributed by atoms with Gasteiger partial charge in [-0.25, -0.2) is 0 Å². The Morgan fingerprint density at radius 3 is 2.50 bits per heavy atom. The summed E-state index contributed by atoms with van der Waals surface area (Å²) in [5, 5.41) is 3.52. The van der Waals surface area contributed by atoms with Gasteiger partial charge in [0.05, 0.1) is 18.3 Å². The van der Waals surface area contributed by atoms with Crippen molar-refractivity contribution in [3.05, 3.63) is 23.3 Å². The molecule has 1 aliphatic rings. The summed E-state index contributed by atoms with van der Waals surface area (Å²) in [6.45, 7) is 7.54. The number of nitrogens with one attached hydrogen (secondary N) is 1. The Morgan fingerprint density at radius 1 is 1.19 bits per heavy atom. The maximum atomic E-state index is 7.09. The lowest BCUT2D eigenvalue weighted by Crippen LogP contribution is -2.36. The molecule has 0 saturated carbocycles. The molecule has 1 saturated heterocycles. The van der Waals surface area contributed by atoms with E-state index >= 15 is 0 Å². The molecule has 0 aliphatic carbocycles. The van der Waals surface area contributed by atoms with Crippen LogP contribution in [0.2, 0.25) is 0 Å². The van der Waals surface area contributed by atoms with Crippen molar-refractivity contribution in [1.29, 1.82) is 0 Å². The van der Waals surface area contributed by atoms with Crippen LogP contribution in [0, 0.1) is 13.8 Å². The Balaban J connectivity index is 2.33. The molecule has 1 radical (unpaired) electrons. The molecule has 1 N–H and O–H groups in total. The number of ether oxygens (including phenoxy) is 1. The van der Waals surface area contributed by atoms with Gasteiger partial charge in [0.25, 0.3) is 0 Å². The molecule has 0 atom stereocenters. The summed E-state index contributed by atoms with van der Waals surface area (Å²) in [5.41, 5.74) is 11.3. The number of hydrogen-bond acceptors (Lipinski definition) is 4. The van der Waals surface area contributed by atoms with Gasteiger partial charge in [-0.05, 0) is 37.1 Å². The highest BCUT2D eigenvalue weighted by atomic mass is 16.5. The molecule has 0 bridgehead atoms. The quantitative estimate of drug-likeness (QED) is 0.747.